The number of piperazine rings is 1. The molecule has 0 aliphatic carbocycles. The van der Waals surface area contributed by atoms with Crippen molar-refractivity contribution in [3.05, 3.63) is 24.3 Å². The highest BCUT2D eigenvalue weighted by Gasteiger charge is 2.18. The Morgan fingerprint density at radius 1 is 1.27 bits per heavy atom. The zero-order valence-corrected chi connectivity index (χ0v) is 13.8. The molecule has 1 heterocycles. The Labute approximate surface area is 136 Å². The largest absolute Gasteiger partial charge is 0.495 e. The highest BCUT2D eigenvalue weighted by molar-refractivity contribution is 7.99. The number of carboxylic acid groups (broad SMARTS) is 1. The van der Waals surface area contributed by atoms with Gasteiger partial charge in [0.05, 0.1) is 18.6 Å². The van der Waals surface area contributed by atoms with Crippen LogP contribution in [0.2, 0.25) is 0 Å². The molecule has 0 unspecified atom stereocenters. The first kappa shape index (κ1) is 17.0. The lowest BCUT2D eigenvalue weighted by atomic mass is 10.2. The molecule has 1 saturated heterocycles. The molecule has 1 N–H and O–H groups in total. The Morgan fingerprint density at radius 3 is 2.68 bits per heavy atom. The molecule has 1 aliphatic rings. The maximum Gasteiger partial charge on any atom is 0.313 e. The van der Waals surface area contributed by atoms with Crippen molar-refractivity contribution < 1.29 is 14.6 Å². The van der Waals surface area contributed by atoms with Gasteiger partial charge in [0.2, 0.25) is 0 Å². The number of aliphatic carboxylic acids is 1. The van der Waals surface area contributed by atoms with Gasteiger partial charge in [0, 0.05) is 26.2 Å². The van der Waals surface area contributed by atoms with Crippen LogP contribution in [-0.2, 0) is 4.79 Å². The van der Waals surface area contributed by atoms with Gasteiger partial charge in [-0.25, -0.2) is 0 Å². The Balaban J connectivity index is 1.70. The highest BCUT2D eigenvalue weighted by Crippen LogP contribution is 2.28. The van der Waals surface area contributed by atoms with Gasteiger partial charge in [-0.2, -0.15) is 11.8 Å². The van der Waals surface area contributed by atoms with Gasteiger partial charge in [0.15, 0.2) is 0 Å². The summed E-state index contributed by atoms with van der Waals surface area (Å²) in [7, 11) is 1.71. The smallest absolute Gasteiger partial charge is 0.313 e. The second-order valence-corrected chi connectivity index (χ2v) is 6.41. The number of thioether (sulfide) groups is 1. The molecule has 122 valence electrons. The van der Waals surface area contributed by atoms with Crippen LogP contribution in [0.5, 0.6) is 5.75 Å². The first-order valence-electron chi connectivity index (χ1n) is 7.60. The van der Waals surface area contributed by atoms with Crippen LogP contribution in [0, 0.1) is 0 Å². The van der Waals surface area contributed by atoms with Crippen molar-refractivity contribution >= 4 is 23.4 Å². The van der Waals surface area contributed by atoms with Crippen molar-refractivity contribution in [1.82, 2.24) is 4.90 Å². The quantitative estimate of drug-likeness (QED) is 0.739. The van der Waals surface area contributed by atoms with Crippen LogP contribution in [0.1, 0.15) is 6.42 Å². The number of anilines is 1. The van der Waals surface area contributed by atoms with Gasteiger partial charge in [-0.05, 0) is 30.9 Å². The molecule has 0 bridgehead atoms. The van der Waals surface area contributed by atoms with Crippen LogP contribution >= 0.6 is 11.8 Å². The molecule has 0 amide bonds. The van der Waals surface area contributed by atoms with E-state index < -0.39 is 5.97 Å². The van der Waals surface area contributed by atoms with E-state index in [2.05, 4.69) is 15.9 Å². The maximum atomic E-state index is 10.4. The van der Waals surface area contributed by atoms with Crippen molar-refractivity contribution in [2.24, 2.45) is 0 Å². The molecule has 6 heteroatoms. The number of para-hydroxylation sites is 2. The third-order valence-electron chi connectivity index (χ3n) is 3.79. The summed E-state index contributed by atoms with van der Waals surface area (Å²) >= 11 is 1.50. The first-order valence-corrected chi connectivity index (χ1v) is 8.76. The van der Waals surface area contributed by atoms with E-state index in [0.717, 1.165) is 50.6 Å². The SMILES string of the molecule is COc1ccccc1N1CCN(CCCSCC(=O)O)CC1. The van der Waals surface area contributed by atoms with Gasteiger partial charge in [-0.3, -0.25) is 9.69 Å². The fourth-order valence-electron chi connectivity index (χ4n) is 2.65. The van der Waals surface area contributed by atoms with Gasteiger partial charge in [0.1, 0.15) is 5.75 Å². The van der Waals surface area contributed by atoms with Crippen molar-refractivity contribution in [1.29, 1.82) is 0 Å². The molecule has 0 radical (unpaired) electrons. The van der Waals surface area contributed by atoms with E-state index in [-0.39, 0.29) is 5.75 Å². The van der Waals surface area contributed by atoms with Gasteiger partial charge in [-0.1, -0.05) is 12.1 Å². The molecule has 1 aromatic carbocycles. The topological polar surface area (TPSA) is 53.0 Å². The minimum absolute atomic E-state index is 0.210. The Morgan fingerprint density at radius 2 is 2.00 bits per heavy atom. The number of hydrogen-bond acceptors (Lipinski definition) is 5. The Kier molecular flexibility index (Phi) is 6.86. The summed E-state index contributed by atoms with van der Waals surface area (Å²) in [5, 5.41) is 8.59. The average Bonchev–Trinajstić information content (AvgIpc) is 2.55. The van der Waals surface area contributed by atoms with Crippen LogP contribution in [0.25, 0.3) is 0 Å². The average molecular weight is 324 g/mol. The summed E-state index contributed by atoms with van der Waals surface area (Å²) in [4.78, 5) is 15.3. The van der Waals surface area contributed by atoms with Crippen LogP contribution in [0.4, 0.5) is 5.69 Å². The minimum atomic E-state index is -0.726. The predicted octanol–water partition coefficient (Wildman–Crippen LogP) is 2.03. The number of nitrogens with zero attached hydrogens (tertiary/aromatic N) is 2. The number of rotatable bonds is 8. The molecule has 1 fully saturated rings. The lowest BCUT2D eigenvalue weighted by Crippen LogP contribution is -2.46. The molecule has 2 rings (SSSR count). The summed E-state index contributed by atoms with van der Waals surface area (Å²) in [5.41, 5.74) is 1.17. The molecule has 22 heavy (non-hydrogen) atoms. The van der Waals surface area contributed by atoms with E-state index in [4.69, 9.17) is 9.84 Å². The predicted molar refractivity (Wildman–Crippen MR) is 91.2 cm³/mol. The Bertz CT molecular complexity index is 476. The molecule has 0 atom stereocenters. The second kappa shape index (κ2) is 8.90. The van der Waals surface area contributed by atoms with Crippen molar-refractivity contribution in [2.45, 2.75) is 6.42 Å². The number of methoxy groups -OCH3 is 1. The third-order valence-corrected chi connectivity index (χ3v) is 4.82. The summed E-state index contributed by atoms with van der Waals surface area (Å²) in [6.45, 7) is 5.14. The van der Waals surface area contributed by atoms with Crippen molar-refractivity contribution in [2.75, 3.05) is 56.2 Å². The van der Waals surface area contributed by atoms with Gasteiger partial charge in [0.25, 0.3) is 0 Å². The molecular weight excluding hydrogens is 300 g/mol. The van der Waals surface area contributed by atoms with E-state index in [1.807, 2.05) is 18.2 Å². The van der Waals surface area contributed by atoms with E-state index in [1.54, 1.807) is 7.11 Å². The number of hydrogen-bond donors (Lipinski definition) is 1. The van der Waals surface area contributed by atoms with Gasteiger partial charge < -0.3 is 14.7 Å². The number of carboxylic acids is 1. The van der Waals surface area contributed by atoms with E-state index in [9.17, 15) is 4.79 Å². The van der Waals surface area contributed by atoms with E-state index in [0.29, 0.717) is 0 Å². The zero-order valence-electron chi connectivity index (χ0n) is 13.0. The zero-order chi connectivity index (χ0) is 15.8. The fourth-order valence-corrected chi connectivity index (χ4v) is 3.31. The molecule has 5 nitrogen and oxygen atoms in total. The van der Waals surface area contributed by atoms with Crippen molar-refractivity contribution in [3.63, 3.8) is 0 Å². The lowest BCUT2D eigenvalue weighted by Gasteiger charge is -2.36. The van der Waals surface area contributed by atoms with Crippen LogP contribution < -0.4 is 9.64 Å². The summed E-state index contributed by atoms with van der Waals surface area (Å²) in [6.07, 6.45) is 1.05. The van der Waals surface area contributed by atoms with Crippen LogP contribution in [0.15, 0.2) is 24.3 Å². The van der Waals surface area contributed by atoms with Gasteiger partial charge >= 0.3 is 5.97 Å². The minimum Gasteiger partial charge on any atom is -0.495 e. The number of ether oxygens (including phenoxy) is 1. The maximum absolute atomic E-state index is 10.4. The normalized spacial score (nSPS) is 15.8. The monoisotopic (exact) mass is 324 g/mol. The molecule has 1 aromatic rings. The van der Waals surface area contributed by atoms with Crippen LogP contribution in [-0.4, -0.2) is 67.3 Å². The van der Waals surface area contributed by atoms with E-state index >= 15 is 0 Å². The standard InChI is InChI=1S/C16H24N2O3S/c1-21-15-6-3-2-5-14(15)18-10-8-17(9-11-18)7-4-12-22-13-16(19)20/h2-3,5-6H,4,7-13H2,1H3,(H,19,20). The molecule has 0 aromatic heterocycles. The second-order valence-electron chi connectivity index (χ2n) is 5.30. The van der Waals surface area contributed by atoms with E-state index in [1.165, 1.54) is 17.4 Å². The highest BCUT2D eigenvalue weighted by atomic mass is 32.2. The summed E-state index contributed by atoms with van der Waals surface area (Å²) < 4.78 is 5.43. The van der Waals surface area contributed by atoms with Crippen LogP contribution in [0.3, 0.4) is 0 Å². The Hall–Kier alpha value is -1.40. The number of benzene rings is 1. The van der Waals surface area contributed by atoms with Crippen molar-refractivity contribution in [3.8, 4) is 5.75 Å². The third kappa shape index (κ3) is 5.10. The van der Waals surface area contributed by atoms with Gasteiger partial charge in [-0.15, -0.1) is 0 Å². The fraction of sp³-hybridized carbons (Fsp3) is 0.562. The molecular formula is C16H24N2O3S. The lowest BCUT2D eigenvalue weighted by molar-refractivity contribution is -0.133. The molecule has 0 spiro atoms. The summed E-state index contributed by atoms with van der Waals surface area (Å²) in [6, 6.07) is 8.15. The first-order chi connectivity index (χ1) is 10.7. The molecule has 1 aliphatic heterocycles. The number of carbonyl (C=O) groups is 1. The summed E-state index contributed by atoms with van der Waals surface area (Å²) in [5.74, 6) is 1.33. The molecule has 0 saturated carbocycles.